The van der Waals surface area contributed by atoms with E-state index < -0.39 is 58.4 Å². The third-order valence-corrected chi connectivity index (χ3v) is 9.50. The van der Waals surface area contributed by atoms with Crippen molar-refractivity contribution in [3.8, 4) is 5.75 Å². The zero-order valence-corrected chi connectivity index (χ0v) is 25.1. The van der Waals surface area contributed by atoms with Gasteiger partial charge in [0.1, 0.15) is 35.5 Å². The second kappa shape index (κ2) is 11.5. The summed E-state index contributed by atoms with van der Waals surface area (Å²) in [5.41, 5.74) is -1.92. The Hall–Kier alpha value is -4.81. The summed E-state index contributed by atoms with van der Waals surface area (Å²) in [6, 6.07) is 9.37. The molecule has 3 aromatic rings. The van der Waals surface area contributed by atoms with Gasteiger partial charge in [0, 0.05) is 56.1 Å². The van der Waals surface area contributed by atoms with Crippen LogP contribution in [-0.2, 0) is 18.0 Å². The van der Waals surface area contributed by atoms with Crippen molar-refractivity contribution in [2.75, 3.05) is 19.6 Å². The SMILES string of the molecule is C[C@H]1CC[C@]2(CC(N3CCC3)=NO2)[C@H]2CN1C(=O)c1c(OCc3ccccc3)c(=O)c(C(=O)NCc3c(F)cc(F)cc3F)cn12. The Morgan fingerprint density at radius 3 is 2.57 bits per heavy atom. The molecule has 13 heteroatoms. The van der Waals surface area contributed by atoms with Gasteiger partial charge in [-0.15, -0.1) is 0 Å². The molecule has 2 bridgehead atoms. The number of hydrogen-bond donors (Lipinski definition) is 1. The Morgan fingerprint density at radius 1 is 1.13 bits per heavy atom. The molecule has 5 heterocycles. The van der Waals surface area contributed by atoms with Crippen LogP contribution in [-0.4, -0.2) is 63.3 Å². The predicted octanol–water partition coefficient (Wildman–Crippen LogP) is 4.13. The van der Waals surface area contributed by atoms with Crippen LogP contribution in [0.1, 0.15) is 70.6 Å². The summed E-state index contributed by atoms with van der Waals surface area (Å²) in [6.45, 7) is 3.26. The highest BCUT2D eigenvalue weighted by Crippen LogP contribution is 2.47. The number of oxime groups is 1. The number of nitrogens with one attached hydrogen (secondary N) is 1. The maximum Gasteiger partial charge on any atom is 0.274 e. The van der Waals surface area contributed by atoms with E-state index in [4.69, 9.17) is 9.57 Å². The van der Waals surface area contributed by atoms with Crippen LogP contribution in [0.15, 0.2) is 58.6 Å². The molecule has 46 heavy (non-hydrogen) atoms. The molecule has 10 nitrogen and oxygen atoms in total. The molecule has 3 atom stereocenters. The zero-order chi connectivity index (χ0) is 32.2. The number of halogens is 3. The highest BCUT2D eigenvalue weighted by atomic mass is 19.1. The van der Waals surface area contributed by atoms with E-state index >= 15 is 0 Å². The number of hydrogen-bond acceptors (Lipinski definition) is 7. The fraction of sp³-hybridized carbons (Fsp3) is 0.394. The Balaban J connectivity index is 1.31. The van der Waals surface area contributed by atoms with Gasteiger partial charge < -0.3 is 29.3 Å². The monoisotopic (exact) mass is 635 g/mol. The molecular weight excluding hydrogens is 603 g/mol. The van der Waals surface area contributed by atoms with E-state index in [0.717, 1.165) is 30.9 Å². The van der Waals surface area contributed by atoms with E-state index in [-0.39, 0.29) is 36.2 Å². The summed E-state index contributed by atoms with van der Waals surface area (Å²) in [5, 5.41) is 6.84. The van der Waals surface area contributed by atoms with Crippen LogP contribution in [0.3, 0.4) is 0 Å². The maximum absolute atomic E-state index is 14.3. The number of ether oxygens (including phenoxy) is 1. The summed E-state index contributed by atoms with van der Waals surface area (Å²) in [6.07, 6.45) is 4.06. The average Bonchev–Trinajstić information content (AvgIpc) is 3.37. The average molecular weight is 636 g/mol. The number of benzene rings is 2. The van der Waals surface area contributed by atoms with Crippen molar-refractivity contribution in [2.45, 2.75) is 63.4 Å². The molecule has 2 fully saturated rings. The van der Waals surface area contributed by atoms with E-state index in [1.165, 1.54) is 6.20 Å². The lowest BCUT2D eigenvalue weighted by atomic mass is 9.84. The fourth-order valence-corrected chi connectivity index (χ4v) is 6.69. The summed E-state index contributed by atoms with van der Waals surface area (Å²) in [7, 11) is 0. The van der Waals surface area contributed by atoms with Crippen LogP contribution in [0.25, 0.3) is 0 Å². The largest absolute Gasteiger partial charge is 0.483 e. The number of amidine groups is 1. The number of fused-ring (bicyclic) bond motifs is 5. The molecule has 4 aliphatic rings. The molecule has 2 aromatic carbocycles. The van der Waals surface area contributed by atoms with Gasteiger partial charge in [-0.1, -0.05) is 35.5 Å². The first-order valence-corrected chi connectivity index (χ1v) is 15.3. The van der Waals surface area contributed by atoms with Gasteiger partial charge in [-0.2, -0.15) is 0 Å². The van der Waals surface area contributed by atoms with Gasteiger partial charge in [-0.3, -0.25) is 14.4 Å². The number of amides is 2. The summed E-state index contributed by atoms with van der Waals surface area (Å²) in [5.74, 6) is -4.28. The highest BCUT2D eigenvalue weighted by molar-refractivity contribution is 5.99. The van der Waals surface area contributed by atoms with Crippen molar-refractivity contribution < 1.29 is 32.3 Å². The van der Waals surface area contributed by atoms with Crippen molar-refractivity contribution in [1.29, 1.82) is 0 Å². The number of rotatable bonds is 6. The second-order valence-corrected chi connectivity index (χ2v) is 12.3. The maximum atomic E-state index is 14.3. The van der Waals surface area contributed by atoms with Gasteiger partial charge in [0.25, 0.3) is 11.8 Å². The minimum absolute atomic E-state index is 0.00141. The Bertz CT molecular complexity index is 1790. The molecule has 1 aromatic heterocycles. The quantitative estimate of drug-likeness (QED) is 0.437. The number of likely N-dealkylation sites (tertiary alicyclic amines) is 1. The number of nitrogens with zero attached hydrogens (tertiary/aromatic N) is 4. The van der Waals surface area contributed by atoms with Crippen molar-refractivity contribution >= 4 is 17.6 Å². The smallest absolute Gasteiger partial charge is 0.274 e. The van der Waals surface area contributed by atoms with Crippen LogP contribution in [0.2, 0.25) is 0 Å². The standard InChI is InChI=1S/C33H32F3N5O5/c1-19-8-9-33(14-27(38-46-33)39-10-5-11-39)26-17-40(19)32(44)28-30(45-18-20-6-3-2-4-7-20)29(42)23(16-41(26)28)31(43)37-15-22-24(35)12-21(34)13-25(22)36/h2-4,6-7,12-13,16,19,26H,5,8-11,14-15,17-18H2,1H3,(H,37,43)/t19-,26+,33-/m0/s1. The number of carbonyl (C=O) groups excluding carboxylic acids is 2. The molecule has 2 amide bonds. The first-order chi connectivity index (χ1) is 22.1. The molecule has 240 valence electrons. The van der Waals surface area contributed by atoms with Gasteiger partial charge in [0.2, 0.25) is 5.43 Å². The second-order valence-electron chi connectivity index (χ2n) is 12.3. The minimum Gasteiger partial charge on any atom is -0.483 e. The number of aromatic nitrogens is 1. The fourth-order valence-electron chi connectivity index (χ4n) is 6.69. The predicted molar refractivity (Wildman–Crippen MR) is 160 cm³/mol. The van der Waals surface area contributed by atoms with Crippen LogP contribution >= 0.6 is 0 Å². The Morgan fingerprint density at radius 2 is 1.87 bits per heavy atom. The molecule has 4 aliphatic heterocycles. The highest BCUT2D eigenvalue weighted by Gasteiger charge is 2.55. The van der Waals surface area contributed by atoms with Gasteiger partial charge in [0.15, 0.2) is 17.0 Å². The molecule has 2 saturated heterocycles. The summed E-state index contributed by atoms with van der Waals surface area (Å²) >= 11 is 0. The number of pyridine rings is 1. The van der Waals surface area contributed by atoms with Gasteiger partial charge in [-0.25, -0.2) is 13.2 Å². The number of carbonyl (C=O) groups is 2. The minimum atomic E-state index is -1.18. The molecule has 0 saturated carbocycles. The van der Waals surface area contributed by atoms with Crippen molar-refractivity contribution in [3.05, 3.63) is 98.7 Å². The molecular formula is C33H32F3N5O5. The normalized spacial score (nSPS) is 23.3. The van der Waals surface area contributed by atoms with Crippen LogP contribution < -0.4 is 15.5 Å². The molecule has 1 spiro atoms. The van der Waals surface area contributed by atoms with E-state index in [2.05, 4.69) is 15.4 Å². The molecule has 0 unspecified atom stereocenters. The molecule has 7 rings (SSSR count). The van der Waals surface area contributed by atoms with Crippen molar-refractivity contribution in [2.24, 2.45) is 5.16 Å². The van der Waals surface area contributed by atoms with Gasteiger partial charge in [-0.05, 0) is 31.7 Å². The van der Waals surface area contributed by atoms with E-state index in [1.54, 1.807) is 21.6 Å². The Labute approximate surface area is 262 Å². The van der Waals surface area contributed by atoms with Crippen molar-refractivity contribution in [1.82, 2.24) is 19.7 Å². The van der Waals surface area contributed by atoms with Gasteiger partial charge in [0.05, 0.1) is 12.5 Å². The van der Waals surface area contributed by atoms with Crippen molar-refractivity contribution in [3.63, 3.8) is 0 Å². The summed E-state index contributed by atoms with van der Waals surface area (Å²) in [4.78, 5) is 51.8. The third kappa shape index (κ3) is 5.07. The lowest BCUT2D eigenvalue weighted by Crippen LogP contribution is -2.53. The van der Waals surface area contributed by atoms with E-state index in [9.17, 15) is 27.6 Å². The van der Waals surface area contributed by atoms with Crippen LogP contribution in [0, 0.1) is 17.5 Å². The molecule has 0 radical (unpaired) electrons. The topological polar surface area (TPSA) is 105 Å². The van der Waals surface area contributed by atoms with Crippen LogP contribution in [0.5, 0.6) is 5.75 Å². The van der Waals surface area contributed by atoms with Gasteiger partial charge >= 0.3 is 0 Å². The third-order valence-electron chi connectivity index (χ3n) is 9.50. The molecule has 0 aliphatic carbocycles. The Kier molecular flexibility index (Phi) is 7.48. The van der Waals surface area contributed by atoms with E-state index in [0.29, 0.717) is 31.4 Å². The lowest BCUT2D eigenvalue weighted by molar-refractivity contribution is -0.0656. The van der Waals surface area contributed by atoms with Crippen LogP contribution in [0.4, 0.5) is 13.2 Å². The zero-order valence-electron chi connectivity index (χ0n) is 25.1. The lowest BCUT2D eigenvalue weighted by Gasteiger charge is -2.42. The van der Waals surface area contributed by atoms with E-state index in [1.807, 2.05) is 25.1 Å². The first-order valence-electron chi connectivity index (χ1n) is 15.3. The summed E-state index contributed by atoms with van der Waals surface area (Å²) < 4.78 is 49.8. The first kappa shape index (κ1) is 29.9. The molecule has 1 N–H and O–H groups in total.